The van der Waals surface area contributed by atoms with Crippen molar-refractivity contribution in [3.63, 3.8) is 0 Å². The third kappa shape index (κ3) is 7.04. The predicted molar refractivity (Wildman–Crippen MR) is 152 cm³/mol. The molecule has 0 unspecified atom stereocenters. The summed E-state index contributed by atoms with van der Waals surface area (Å²) in [6.45, 7) is -0.576. The summed E-state index contributed by atoms with van der Waals surface area (Å²) in [4.78, 5) is 13.3. The Labute approximate surface area is 239 Å². The van der Waals surface area contributed by atoms with Crippen LogP contribution in [-0.2, 0) is 22.6 Å². The van der Waals surface area contributed by atoms with Crippen LogP contribution < -0.4 is 16.5 Å². The molecule has 0 spiro atoms. The van der Waals surface area contributed by atoms with E-state index in [1.807, 2.05) is 0 Å². The fourth-order valence-electron chi connectivity index (χ4n) is 4.17. The zero-order valence-electron chi connectivity index (χ0n) is 22.0. The zero-order valence-corrected chi connectivity index (χ0v) is 22.9. The molecule has 4 rings (SSSR count). The first-order valence-electron chi connectivity index (χ1n) is 12.3. The Morgan fingerprint density at radius 1 is 0.952 bits per heavy atom. The molecular weight excluding hydrogens is 574 g/mol. The predicted octanol–water partition coefficient (Wildman–Crippen LogP) is 6.26. The van der Waals surface area contributed by atoms with Crippen molar-refractivity contribution in [2.24, 2.45) is 5.73 Å². The molecule has 8 nitrogen and oxygen atoms in total. The van der Waals surface area contributed by atoms with E-state index in [1.54, 1.807) is 6.07 Å². The normalized spacial score (nSPS) is 11.5. The van der Waals surface area contributed by atoms with Gasteiger partial charge in [0.2, 0.25) is 0 Å². The molecule has 0 atom stereocenters. The van der Waals surface area contributed by atoms with Crippen molar-refractivity contribution in [1.82, 2.24) is 5.01 Å². The number of hydrogen-bond acceptors (Lipinski definition) is 5. The first-order valence-corrected chi connectivity index (χ1v) is 14.2. The second-order valence-electron chi connectivity index (χ2n) is 9.24. The average Bonchev–Trinajstić information content (AvgIpc) is 2.93. The lowest BCUT2D eigenvalue weighted by molar-refractivity contribution is -0.138. The van der Waals surface area contributed by atoms with Gasteiger partial charge in [-0.15, -0.1) is 0 Å². The lowest BCUT2D eigenvalue weighted by atomic mass is 10.0. The first-order chi connectivity index (χ1) is 19.7. The third-order valence-electron chi connectivity index (χ3n) is 6.14. The molecule has 0 saturated carbocycles. The maximum Gasteiger partial charge on any atom is 0.416 e. The fraction of sp³-hybridized carbons (Fsp3) is 0.103. The molecule has 5 N–H and O–H groups in total. The van der Waals surface area contributed by atoms with Gasteiger partial charge in [-0.25, -0.2) is 22.6 Å². The number of nitrogen functional groups attached to an aromatic ring is 1. The Morgan fingerprint density at radius 2 is 1.64 bits per heavy atom. The number of nitrogens with zero attached hydrogens (tertiary/aromatic N) is 1. The number of carbonyl (C=O) groups excluding carboxylic acids is 1. The Kier molecular flexibility index (Phi) is 8.52. The molecule has 42 heavy (non-hydrogen) atoms. The van der Waals surface area contributed by atoms with E-state index >= 15 is 4.39 Å². The van der Waals surface area contributed by atoms with Crippen LogP contribution in [0.5, 0.6) is 0 Å². The summed E-state index contributed by atoms with van der Waals surface area (Å²) in [6.07, 6.45) is -3.67. The molecule has 0 saturated heterocycles. The second kappa shape index (κ2) is 11.9. The number of carbonyl (C=O) groups is 1. The Balaban J connectivity index is 1.67. The summed E-state index contributed by atoms with van der Waals surface area (Å²) in [5.74, 6) is -1.17. The summed E-state index contributed by atoms with van der Waals surface area (Å²) >= 11 is 0. The van der Waals surface area contributed by atoms with Crippen LogP contribution in [0.4, 0.5) is 33.7 Å². The van der Waals surface area contributed by atoms with Crippen LogP contribution in [-0.4, -0.2) is 31.5 Å². The van der Waals surface area contributed by atoms with Gasteiger partial charge in [0.1, 0.15) is 11.7 Å². The van der Waals surface area contributed by atoms with Gasteiger partial charge in [-0.05, 0) is 47.5 Å². The minimum Gasteiger partial charge on any atom is -0.384 e. The molecule has 2 amide bonds. The molecule has 0 aliphatic carbocycles. The van der Waals surface area contributed by atoms with Crippen molar-refractivity contribution in [3.05, 3.63) is 114 Å². The number of benzene rings is 4. The monoisotopic (exact) mass is 599 g/mol. The number of halogens is 4. The van der Waals surface area contributed by atoms with Gasteiger partial charge in [-0.2, -0.15) is 13.2 Å². The maximum atomic E-state index is 15.2. The van der Waals surface area contributed by atoms with Gasteiger partial charge in [0.05, 0.1) is 28.4 Å². The van der Waals surface area contributed by atoms with E-state index in [1.165, 1.54) is 72.8 Å². The van der Waals surface area contributed by atoms with Crippen molar-refractivity contribution in [3.8, 4) is 11.1 Å². The van der Waals surface area contributed by atoms with E-state index in [9.17, 15) is 26.4 Å². The van der Waals surface area contributed by atoms with Crippen molar-refractivity contribution in [1.29, 1.82) is 5.41 Å². The van der Waals surface area contributed by atoms with E-state index in [0.717, 1.165) is 23.4 Å². The minimum atomic E-state index is -4.70. The lowest BCUT2D eigenvalue weighted by Gasteiger charge is -2.26. The van der Waals surface area contributed by atoms with E-state index < -0.39 is 40.0 Å². The first kappa shape index (κ1) is 30.1. The van der Waals surface area contributed by atoms with Crippen molar-refractivity contribution < 1.29 is 30.8 Å². The van der Waals surface area contributed by atoms with Crippen LogP contribution in [0.1, 0.15) is 16.7 Å². The third-order valence-corrected chi connectivity index (χ3v) is 7.30. The van der Waals surface area contributed by atoms with E-state index in [0.29, 0.717) is 5.56 Å². The molecule has 0 radical (unpaired) electrons. The number of hydrogen-bond donors (Lipinski definition) is 4. The number of rotatable bonds is 8. The number of amidine groups is 1. The van der Waals surface area contributed by atoms with Crippen LogP contribution >= 0.6 is 0 Å². The van der Waals surface area contributed by atoms with Crippen molar-refractivity contribution in [2.45, 2.75) is 17.6 Å². The van der Waals surface area contributed by atoms with E-state index in [4.69, 9.17) is 11.1 Å². The number of anilines is 2. The molecule has 4 aromatic rings. The number of alkyl halides is 3. The molecular formula is C29H25F4N5O3S. The summed E-state index contributed by atoms with van der Waals surface area (Å²) in [5, 5.41) is 10.8. The Hall–Kier alpha value is -4.91. The molecule has 13 heteroatoms. The summed E-state index contributed by atoms with van der Waals surface area (Å²) < 4.78 is 80.6. The standard InChI is InChI=1S/C29H25F4N5O3S/c1-42(40,41)26-12-5-3-10-22(26)18-13-14-25(24(30)16-18)36-28(39)38(37-21-9-6-8-19(15-21)27(34)35)17-20-7-2-4-11-23(20)29(31,32)33/h2-16,37H,17H2,1H3,(H3,34,35)(H,36,39). The van der Waals surface area contributed by atoms with Crippen LogP contribution in [0.25, 0.3) is 11.1 Å². The minimum absolute atomic E-state index is 0.00678. The molecule has 0 fully saturated rings. The fourth-order valence-corrected chi connectivity index (χ4v) is 5.09. The van der Waals surface area contributed by atoms with Gasteiger partial charge >= 0.3 is 12.2 Å². The van der Waals surface area contributed by atoms with Gasteiger partial charge < -0.3 is 11.1 Å². The van der Waals surface area contributed by atoms with Gasteiger partial charge in [-0.1, -0.05) is 54.6 Å². The maximum absolute atomic E-state index is 15.2. The van der Waals surface area contributed by atoms with Gasteiger partial charge in [0.15, 0.2) is 9.84 Å². The van der Waals surface area contributed by atoms with Crippen LogP contribution in [0.15, 0.2) is 95.9 Å². The molecule has 218 valence electrons. The largest absolute Gasteiger partial charge is 0.416 e. The summed E-state index contributed by atoms with van der Waals surface area (Å²) in [7, 11) is -3.63. The van der Waals surface area contributed by atoms with Crippen molar-refractivity contribution >= 4 is 33.1 Å². The lowest BCUT2D eigenvalue weighted by Crippen LogP contribution is -2.39. The highest BCUT2D eigenvalue weighted by Crippen LogP contribution is 2.33. The SMILES string of the molecule is CS(=O)(=O)c1ccccc1-c1ccc(NC(=O)N(Cc2ccccc2C(F)(F)F)Nc2cccc(C(=N)N)c2)c(F)c1. The number of nitrogens with two attached hydrogens (primary N) is 1. The summed E-state index contributed by atoms with van der Waals surface area (Å²) in [5.41, 5.74) is 7.79. The van der Waals surface area contributed by atoms with Crippen LogP contribution in [0.2, 0.25) is 0 Å². The number of urea groups is 1. The van der Waals surface area contributed by atoms with Gasteiger partial charge in [-0.3, -0.25) is 10.8 Å². The Morgan fingerprint density at radius 3 is 2.31 bits per heavy atom. The van der Waals surface area contributed by atoms with Gasteiger partial charge in [0.25, 0.3) is 0 Å². The quantitative estimate of drug-likeness (QED) is 0.0823. The summed E-state index contributed by atoms with van der Waals surface area (Å²) in [6, 6.07) is 19.4. The number of sulfone groups is 1. The highest BCUT2D eigenvalue weighted by atomic mass is 32.2. The Bertz CT molecular complexity index is 1760. The van der Waals surface area contributed by atoms with Crippen molar-refractivity contribution in [2.75, 3.05) is 17.0 Å². The van der Waals surface area contributed by atoms with Gasteiger partial charge in [0, 0.05) is 17.4 Å². The molecule has 4 aromatic carbocycles. The highest BCUT2D eigenvalue weighted by molar-refractivity contribution is 7.90. The number of hydrazine groups is 1. The molecule has 0 bridgehead atoms. The molecule has 0 aromatic heterocycles. The smallest absolute Gasteiger partial charge is 0.384 e. The number of amides is 2. The zero-order chi connectivity index (χ0) is 30.7. The molecule has 0 heterocycles. The second-order valence-corrected chi connectivity index (χ2v) is 11.2. The van der Waals surface area contributed by atoms with E-state index in [2.05, 4.69) is 10.7 Å². The van der Waals surface area contributed by atoms with E-state index in [-0.39, 0.29) is 38.8 Å². The average molecular weight is 600 g/mol. The molecule has 0 aliphatic rings. The number of nitrogens with one attached hydrogen (secondary N) is 3. The topological polar surface area (TPSA) is 128 Å². The molecule has 0 aliphatic heterocycles. The van der Waals surface area contributed by atoms with Crippen LogP contribution in [0.3, 0.4) is 0 Å². The van der Waals surface area contributed by atoms with Crippen LogP contribution in [0, 0.1) is 11.2 Å². The highest BCUT2D eigenvalue weighted by Gasteiger charge is 2.34.